The summed E-state index contributed by atoms with van der Waals surface area (Å²) in [5.41, 5.74) is -0.268. The minimum Gasteiger partial charge on any atom is -0.352 e. The second kappa shape index (κ2) is 7.47. The first-order chi connectivity index (χ1) is 15.3. The van der Waals surface area contributed by atoms with Crippen LogP contribution in [-0.2, 0) is 7.05 Å². The summed E-state index contributed by atoms with van der Waals surface area (Å²) in [6.07, 6.45) is 2.48. The zero-order valence-electron chi connectivity index (χ0n) is 16.9. The van der Waals surface area contributed by atoms with Crippen molar-refractivity contribution in [3.8, 4) is 11.3 Å². The first-order valence-electron chi connectivity index (χ1n) is 10.0. The molecular formula is C22H18F3N5O2. The van der Waals surface area contributed by atoms with Crippen molar-refractivity contribution in [2.24, 2.45) is 18.9 Å². The first-order valence-corrected chi connectivity index (χ1v) is 10.0. The molecule has 0 bridgehead atoms. The van der Waals surface area contributed by atoms with Crippen molar-refractivity contribution in [2.75, 3.05) is 18.4 Å². The van der Waals surface area contributed by atoms with Gasteiger partial charge in [-0.2, -0.15) is 0 Å². The summed E-state index contributed by atoms with van der Waals surface area (Å²) in [6, 6.07) is 5.48. The zero-order valence-corrected chi connectivity index (χ0v) is 16.9. The van der Waals surface area contributed by atoms with Gasteiger partial charge in [0.25, 0.3) is 11.5 Å². The summed E-state index contributed by atoms with van der Waals surface area (Å²) >= 11 is 0. The molecule has 1 saturated heterocycles. The van der Waals surface area contributed by atoms with Crippen molar-refractivity contribution in [3.63, 3.8) is 0 Å². The molecule has 3 atom stereocenters. The van der Waals surface area contributed by atoms with Gasteiger partial charge in [-0.15, -0.1) is 0 Å². The Balaban J connectivity index is 1.31. The summed E-state index contributed by atoms with van der Waals surface area (Å²) in [4.78, 5) is 34.6. The van der Waals surface area contributed by atoms with E-state index in [9.17, 15) is 22.8 Å². The van der Waals surface area contributed by atoms with Crippen molar-refractivity contribution >= 4 is 11.9 Å². The lowest BCUT2D eigenvalue weighted by Gasteiger charge is -2.21. The van der Waals surface area contributed by atoms with Crippen LogP contribution in [0.5, 0.6) is 0 Å². The van der Waals surface area contributed by atoms with Crippen LogP contribution in [0.3, 0.4) is 0 Å². The van der Waals surface area contributed by atoms with Crippen molar-refractivity contribution in [1.82, 2.24) is 19.4 Å². The van der Waals surface area contributed by atoms with Gasteiger partial charge in [0, 0.05) is 55.8 Å². The second-order valence-electron chi connectivity index (χ2n) is 8.05. The molecule has 1 amide bonds. The zero-order chi connectivity index (χ0) is 22.6. The third-order valence-electron chi connectivity index (χ3n) is 6.12. The van der Waals surface area contributed by atoms with Crippen molar-refractivity contribution in [3.05, 3.63) is 76.1 Å². The van der Waals surface area contributed by atoms with Gasteiger partial charge in [0.2, 0.25) is 5.95 Å². The summed E-state index contributed by atoms with van der Waals surface area (Å²) in [6.45, 7) is 0.757. The van der Waals surface area contributed by atoms with Crippen LogP contribution >= 0.6 is 0 Å². The molecule has 10 heteroatoms. The van der Waals surface area contributed by atoms with E-state index < -0.39 is 23.4 Å². The average Bonchev–Trinajstić information content (AvgIpc) is 3.20. The predicted molar refractivity (Wildman–Crippen MR) is 109 cm³/mol. The van der Waals surface area contributed by atoms with Gasteiger partial charge in [-0.05, 0) is 24.3 Å². The molecule has 5 rings (SSSR count). The summed E-state index contributed by atoms with van der Waals surface area (Å²) in [7, 11) is 1.56. The third kappa shape index (κ3) is 3.41. The number of piperidine rings is 1. The summed E-state index contributed by atoms with van der Waals surface area (Å²) in [5.74, 6) is -2.09. The first kappa shape index (κ1) is 20.2. The SMILES string of the molecule is Cn1c(N[C@H]2[C@@H]3CN(C(=O)c4cc(F)ccc4F)C[C@@H]32)nc(-c2ccncc2F)cc1=O. The lowest BCUT2D eigenvalue weighted by Crippen LogP contribution is -2.35. The molecule has 2 aliphatic rings. The number of anilines is 1. The molecule has 1 aliphatic carbocycles. The highest BCUT2D eigenvalue weighted by Gasteiger charge is 2.57. The van der Waals surface area contributed by atoms with Gasteiger partial charge in [0.1, 0.15) is 11.6 Å². The fraction of sp³-hybridized carbons (Fsp3) is 0.273. The molecule has 2 fully saturated rings. The lowest BCUT2D eigenvalue weighted by molar-refractivity contribution is 0.0769. The summed E-state index contributed by atoms with van der Waals surface area (Å²) < 4.78 is 42.8. The number of nitrogens with zero attached hydrogens (tertiary/aromatic N) is 4. The molecule has 1 aliphatic heterocycles. The Hall–Kier alpha value is -3.69. The van der Waals surface area contributed by atoms with Gasteiger partial charge in [-0.1, -0.05) is 0 Å². The van der Waals surface area contributed by atoms with E-state index in [1.807, 2.05) is 0 Å². The Bertz CT molecular complexity index is 1280. The number of fused-ring (bicyclic) bond motifs is 1. The Morgan fingerprint density at radius 2 is 1.84 bits per heavy atom. The maximum Gasteiger partial charge on any atom is 0.256 e. The quantitative estimate of drug-likeness (QED) is 0.673. The molecule has 7 nitrogen and oxygen atoms in total. The molecule has 0 spiro atoms. The summed E-state index contributed by atoms with van der Waals surface area (Å²) in [5, 5.41) is 3.22. The van der Waals surface area contributed by atoms with Gasteiger partial charge in [0.05, 0.1) is 17.5 Å². The van der Waals surface area contributed by atoms with Gasteiger partial charge in [-0.25, -0.2) is 18.2 Å². The van der Waals surface area contributed by atoms with Gasteiger partial charge >= 0.3 is 0 Å². The van der Waals surface area contributed by atoms with Crippen molar-refractivity contribution in [2.45, 2.75) is 6.04 Å². The molecule has 2 aromatic heterocycles. The molecular weight excluding hydrogens is 423 g/mol. The number of carbonyl (C=O) groups is 1. The Morgan fingerprint density at radius 1 is 1.09 bits per heavy atom. The lowest BCUT2D eigenvalue weighted by atomic mass is 10.1. The molecule has 3 heterocycles. The number of aromatic nitrogens is 3. The second-order valence-corrected chi connectivity index (χ2v) is 8.05. The van der Waals surface area contributed by atoms with Gasteiger partial charge in [0.15, 0.2) is 5.82 Å². The van der Waals surface area contributed by atoms with Gasteiger partial charge < -0.3 is 10.2 Å². The fourth-order valence-electron chi connectivity index (χ4n) is 4.28. The molecule has 164 valence electrons. The topological polar surface area (TPSA) is 80.1 Å². The van der Waals surface area contributed by atoms with E-state index >= 15 is 0 Å². The fourth-order valence-corrected chi connectivity index (χ4v) is 4.28. The highest BCUT2D eigenvalue weighted by molar-refractivity contribution is 5.94. The maximum atomic E-state index is 14.1. The largest absolute Gasteiger partial charge is 0.352 e. The minimum absolute atomic E-state index is 0.0351. The van der Waals surface area contributed by atoms with E-state index in [1.54, 1.807) is 7.05 Å². The number of likely N-dealkylation sites (tertiary alicyclic amines) is 1. The number of carbonyl (C=O) groups excluding carboxylic acids is 1. The highest BCUT2D eigenvalue weighted by Crippen LogP contribution is 2.47. The van der Waals surface area contributed by atoms with E-state index in [4.69, 9.17) is 0 Å². The minimum atomic E-state index is -0.758. The number of hydrogen-bond donors (Lipinski definition) is 1. The van der Waals surface area contributed by atoms with Crippen LogP contribution in [0.4, 0.5) is 19.1 Å². The van der Waals surface area contributed by atoms with Crippen LogP contribution < -0.4 is 10.9 Å². The maximum absolute atomic E-state index is 14.1. The standard InChI is InChI=1S/C22H18F3N5O2/c1-29-19(31)7-18(12-4-5-26-8-17(12)25)27-22(29)28-20-14-9-30(10-15(14)20)21(32)13-6-11(23)2-3-16(13)24/h2-8,14-15,20H,9-10H2,1H3,(H,27,28)/t14-,15+,20+. The molecule has 1 N–H and O–H groups in total. The monoisotopic (exact) mass is 441 g/mol. The van der Waals surface area contributed by atoms with Gasteiger partial charge in [-0.3, -0.25) is 19.1 Å². The molecule has 0 radical (unpaired) electrons. The van der Waals surface area contributed by atoms with Crippen LogP contribution in [0, 0.1) is 29.3 Å². The molecule has 32 heavy (non-hydrogen) atoms. The molecule has 1 saturated carbocycles. The van der Waals surface area contributed by atoms with E-state index in [-0.39, 0.29) is 46.2 Å². The van der Waals surface area contributed by atoms with Crippen molar-refractivity contribution < 1.29 is 18.0 Å². The number of halogens is 3. The predicted octanol–water partition coefficient (Wildman–Crippen LogP) is 2.44. The Morgan fingerprint density at radius 3 is 2.56 bits per heavy atom. The number of benzene rings is 1. The van der Waals surface area contributed by atoms with Crippen LogP contribution in [0.25, 0.3) is 11.3 Å². The van der Waals surface area contributed by atoms with Crippen LogP contribution in [-0.4, -0.2) is 44.5 Å². The highest BCUT2D eigenvalue weighted by atomic mass is 19.1. The smallest absolute Gasteiger partial charge is 0.256 e. The van der Waals surface area contributed by atoms with Crippen molar-refractivity contribution in [1.29, 1.82) is 0 Å². The normalized spacial score (nSPS) is 21.4. The van der Waals surface area contributed by atoms with Crippen LogP contribution in [0.2, 0.25) is 0 Å². The van der Waals surface area contributed by atoms with E-state index in [2.05, 4.69) is 15.3 Å². The van der Waals surface area contributed by atoms with E-state index in [0.717, 1.165) is 24.4 Å². The number of amides is 1. The van der Waals surface area contributed by atoms with E-state index in [1.165, 1.54) is 27.8 Å². The average molecular weight is 441 g/mol. The molecule has 3 aromatic rings. The molecule has 1 aromatic carbocycles. The molecule has 0 unspecified atom stereocenters. The Kier molecular flexibility index (Phi) is 4.72. The number of pyridine rings is 1. The number of hydrogen-bond acceptors (Lipinski definition) is 5. The van der Waals surface area contributed by atoms with Crippen LogP contribution in [0.1, 0.15) is 10.4 Å². The third-order valence-corrected chi connectivity index (χ3v) is 6.12. The van der Waals surface area contributed by atoms with Crippen LogP contribution in [0.15, 0.2) is 47.5 Å². The van der Waals surface area contributed by atoms with E-state index in [0.29, 0.717) is 13.1 Å². The number of nitrogens with one attached hydrogen (secondary N) is 1. The number of rotatable bonds is 4. The Labute approximate surface area is 180 Å².